The number of amides is 1. The third-order valence-corrected chi connectivity index (χ3v) is 4.96. The molecule has 1 aromatic rings. The molecule has 3 rings (SSSR count). The van der Waals surface area contributed by atoms with Gasteiger partial charge in [-0.05, 0) is 50.9 Å². The molecule has 0 saturated carbocycles. The Morgan fingerprint density at radius 1 is 1.17 bits per heavy atom. The van der Waals surface area contributed by atoms with E-state index in [9.17, 15) is 4.79 Å². The van der Waals surface area contributed by atoms with Gasteiger partial charge in [0, 0.05) is 25.1 Å². The SMILES string of the molecule is COc1cccc(OC[C@H]2CCCN(C(=O)CN3CCCC3)C2)c1. The number of likely N-dealkylation sites (tertiary alicyclic amines) is 2. The zero-order valence-corrected chi connectivity index (χ0v) is 14.6. The van der Waals surface area contributed by atoms with Crippen LogP contribution in [0.5, 0.6) is 11.5 Å². The molecule has 2 fully saturated rings. The molecule has 2 heterocycles. The maximum Gasteiger partial charge on any atom is 0.236 e. The van der Waals surface area contributed by atoms with Crippen molar-refractivity contribution in [3.05, 3.63) is 24.3 Å². The first-order valence-electron chi connectivity index (χ1n) is 9.01. The van der Waals surface area contributed by atoms with Crippen LogP contribution < -0.4 is 9.47 Å². The number of benzene rings is 1. The van der Waals surface area contributed by atoms with Gasteiger partial charge in [0.15, 0.2) is 0 Å². The molecule has 5 nitrogen and oxygen atoms in total. The lowest BCUT2D eigenvalue weighted by Crippen LogP contribution is -2.45. The summed E-state index contributed by atoms with van der Waals surface area (Å²) in [5.74, 6) is 2.32. The van der Waals surface area contributed by atoms with Gasteiger partial charge in [-0.3, -0.25) is 9.69 Å². The highest BCUT2D eigenvalue weighted by molar-refractivity contribution is 5.78. The largest absolute Gasteiger partial charge is 0.497 e. The van der Waals surface area contributed by atoms with Gasteiger partial charge in [0.25, 0.3) is 0 Å². The topological polar surface area (TPSA) is 42.0 Å². The van der Waals surface area contributed by atoms with Crippen LogP contribution in [0, 0.1) is 5.92 Å². The summed E-state index contributed by atoms with van der Waals surface area (Å²) >= 11 is 0. The summed E-state index contributed by atoms with van der Waals surface area (Å²) in [6, 6.07) is 7.69. The number of piperidine rings is 1. The summed E-state index contributed by atoms with van der Waals surface area (Å²) in [7, 11) is 1.66. The summed E-state index contributed by atoms with van der Waals surface area (Å²) in [6.45, 7) is 5.09. The third kappa shape index (κ3) is 4.63. The minimum atomic E-state index is 0.281. The molecule has 0 spiro atoms. The van der Waals surface area contributed by atoms with Crippen LogP contribution in [0.25, 0.3) is 0 Å². The molecule has 2 aliphatic heterocycles. The lowest BCUT2D eigenvalue weighted by atomic mass is 9.99. The molecular weight excluding hydrogens is 304 g/mol. The van der Waals surface area contributed by atoms with Crippen molar-refractivity contribution in [1.82, 2.24) is 9.80 Å². The molecule has 0 aliphatic carbocycles. The molecule has 2 saturated heterocycles. The molecule has 2 aliphatic rings. The molecule has 1 aromatic carbocycles. The molecule has 0 radical (unpaired) electrons. The van der Waals surface area contributed by atoms with Crippen molar-refractivity contribution in [2.24, 2.45) is 5.92 Å². The van der Waals surface area contributed by atoms with Crippen molar-refractivity contribution in [2.45, 2.75) is 25.7 Å². The quantitative estimate of drug-likeness (QED) is 0.802. The van der Waals surface area contributed by atoms with E-state index in [-0.39, 0.29) is 5.91 Å². The maximum atomic E-state index is 12.5. The Balaban J connectivity index is 1.46. The molecule has 5 heteroatoms. The van der Waals surface area contributed by atoms with Crippen molar-refractivity contribution >= 4 is 5.91 Å². The Morgan fingerprint density at radius 3 is 2.75 bits per heavy atom. The molecule has 1 atom stereocenters. The van der Waals surface area contributed by atoms with Crippen LogP contribution in [-0.2, 0) is 4.79 Å². The molecule has 0 unspecified atom stereocenters. The summed E-state index contributed by atoms with van der Waals surface area (Å²) < 4.78 is 11.1. The molecule has 132 valence electrons. The van der Waals surface area contributed by atoms with Gasteiger partial charge < -0.3 is 14.4 Å². The van der Waals surface area contributed by atoms with Crippen LogP contribution in [0.4, 0.5) is 0 Å². The lowest BCUT2D eigenvalue weighted by Gasteiger charge is -2.33. The van der Waals surface area contributed by atoms with E-state index in [1.165, 1.54) is 12.8 Å². The normalized spacial score (nSPS) is 21.7. The summed E-state index contributed by atoms with van der Waals surface area (Å²) in [5.41, 5.74) is 0. The van der Waals surface area contributed by atoms with E-state index >= 15 is 0 Å². The first-order valence-corrected chi connectivity index (χ1v) is 9.01. The fourth-order valence-electron chi connectivity index (χ4n) is 3.56. The number of carbonyl (C=O) groups excluding carboxylic acids is 1. The van der Waals surface area contributed by atoms with Crippen LogP contribution in [0.3, 0.4) is 0 Å². The number of ether oxygens (including phenoxy) is 2. The van der Waals surface area contributed by atoms with Gasteiger partial charge in [0.05, 0.1) is 20.3 Å². The first-order chi connectivity index (χ1) is 11.7. The Morgan fingerprint density at radius 2 is 1.96 bits per heavy atom. The van der Waals surface area contributed by atoms with Gasteiger partial charge in [-0.2, -0.15) is 0 Å². The van der Waals surface area contributed by atoms with E-state index in [2.05, 4.69) is 4.90 Å². The van der Waals surface area contributed by atoms with Gasteiger partial charge in [0.1, 0.15) is 11.5 Å². The maximum absolute atomic E-state index is 12.5. The molecule has 24 heavy (non-hydrogen) atoms. The molecular formula is C19H28N2O3. The van der Waals surface area contributed by atoms with Gasteiger partial charge in [-0.1, -0.05) is 6.07 Å². The van der Waals surface area contributed by atoms with Crippen LogP contribution >= 0.6 is 0 Å². The number of rotatable bonds is 6. The van der Waals surface area contributed by atoms with E-state index in [1.807, 2.05) is 29.2 Å². The summed E-state index contributed by atoms with van der Waals surface area (Å²) in [6.07, 6.45) is 4.64. The summed E-state index contributed by atoms with van der Waals surface area (Å²) in [5, 5.41) is 0. The monoisotopic (exact) mass is 332 g/mol. The van der Waals surface area contributed by atoms with Gasteiger partial charge in [-0.15, -0.1) is 0 Å². The highest BCUT2D eigenvalue weighted by Crippen LogP contribution is 2.22. The van der Waals surface area contributed by atoms with Gasteiger partial charge in [-0.25, -0.2) is 0 Å². The molecule has 0 N–H and O–H groups in total. The lowest BCUT2D eigenvalue weighted by molar-refractivity contribution is -0.134. The molecule has 0 bridgehead atoms. The smallest absolute Gasteiger partial charge is 0.236 e. The average Bonchev–Trinajstić information content (AvgIpc) is 3.13. The summed E-state index contributed by atoms with van der Waals surface area (Å²) in [4.78, 5) is 16.8. The minimum absolute atomic E-state index is 0.281. The fraction of sp³-hybridized carbons (Fsp3) is 0.632. The molecule has 1 amide bonds. The van der Waals surface area contributed by atoms with Crippen molar-refractivity contribution < 1.29 is 14.3 Å². The number of carbonyl (C=O) groups is 1. The number of nitrogens with zero attached hydrogens (tertiary/aromatic N) is 2. The minimum Gasteiger partial charge on any atom is -0.497 e. The Bertz CT molecular complexity index is 543. The first kappa shape index (κ1) is 17.1. The van der Waals surface area contributed by atoms with Crippen LogP contribution in [0.1, 0.15) is 25.7 Å². The fourth-order valence-corrected chi connectivity index (χ4v) is 3.56. The van der Waals surface area contributed by atoms with E-state index in [4.69, 9.17) is 9.47 Å². The number of hydrogen-bond acceptors (Lipinski definition) is 4. The van der Waals surface area contributed by atoms with E-state index in [1.54, 1.807) is 7.11 Å². The van der Waals surface area contributed by atoms with Crippen LogP contribution in [-0.4, -0.2) is 62.1 Å². The predicted octanol–water partition coefficient (Wildman–Crippen LogP) is 2.41. The predicted molar refractivity (Wildman–Crippen MR) is 93.5 cm³/mol. The van der Waals surface area contributed by atoms with Crippen LogP contribution in [0.2, 0.25) is 0 Å². The second-order valence-corrected chi connectivity index (χ2v) is 6.82. The third-order valence-electron chi connectivity index (χ3n) is 4.96. The van der Waals surface area contributed by atoms with Gasteiger partial charge >= 0.3 is 0 Å². The number of methoxy groups -OCH3 is 1. The number of hydrogen-bond donors (Lipinski definition) is 0. The highest BCUT2D eigenvalue weighted by Gasteiger charge is 2.26. The highest BCUT2D eigenvalue weighted by atomic mass is 16.5. The zero-order valence-electron chi connectivity index (χ0n) is 14.6. The Labute approximate surface area is 144 Å². The second kappa shape index (κ2) is 8.38. The average molecular weight is 332 g/mol. The molecule has 0 aromatic heterocycles. The van der Waals surface area contributed by atoms with E-state index in [0.29, 0.717) is 19.1 Å². The van der Waals surface area contributed by atoms with Crippen molar-refractivity contribution in [1.29, 1.82) is 0 Å². The van der Waals surface area contributed by atoms with Crippen LogP contribution in [0.15, 0.2) is 24.3 Å². The zero-order chi connectivity index (χ0) is 16.8. The Hall–Kier alpha value is -1.75. The van der Waals surface area contributed by atoms with Crippen molar-refractivity contribution in [3.63, 3.8) is 0 Å². The van der Waals surface area contributed by atoms with Crippen molar-refractivity contribution in [2.75, 3.05) is 46.4 Å². The van der Waals surface area contributed by atoms with Crippen molar-refractivity contribution in [3.8, 4) is 11.5 Å². The van der Waals surface area contributed by atoms with E-state index < -0.39 is 0 Å². The van der Waals surface area contributed by atoms with Gasteiger partial charge in [0.2, 0.25) is 5.91 Å². The second-order valence-electron chi connectivity index (χ2n) is 6.82. The Kier molecular flexibility index (Phi) is 5.96. The standard InChI is InChI=1S/C19H28N2O3/c1-23-17-7-4-8-18(12-17)24-15-16-6-5-11-21(13-16)19(22)14-20-9-2-3-10-20/h4,7-8,12,16H,2-3,5-6,9-11,13-15H2,1H3/t16-/m0/s1. The van der Waals surface area contributed by atoms with E-state index in [0.717, 1.165) is 50.5 Å².